The number of Topliss-reactive ketones (excluding diaryl/α,β-unsaturated/α-hetero) is 1. The first-order valence-electron chi connectivity index (χ1n) is 6.67. The fourth-order valence-corrected chi connectivity index (χ4v) is 2.20. The number of esters is 1. The highest BCUT2D eigenvalue weighted by atomic mass is 16.5. The zero-order valence-electron chi connectivity index (χ0n) is 11.3. The van der Waals surface area contributed by atoms with Crippen LogP contribution in [0.2, 0.25) is 0 Å². The summed E-state index contributed by atoms with van der Waals surface area (Å²) in [4.78, 5) is 34.6. The van der Waals surface area contributed by atoms with Gasteiger partial charge in [-0.15, -0.1) is 0 Å². The number of benzene rings is 1. The molecule has 106 valence electrons. The molecule has 0 heterocycles. The van der Waals surface area contributed by atoms with Crippen molar-refractivity contribution in [2.75, 3.05) is 5.32 Å². The third-order valence-electron chi connectivity index (χ3n) is 3.17. The molecule has 0 bridgehead atoms. The van der Waals surface area contributed by atoms with Crippen LogP contribution in [0.4, 0.5) is 5.69 Å². The van der Waals surface area contributed by atoms with Crippen molar-refractivity contribution < 1.29 is 19.1 Å². The van der Waals surface area contributed by atoms with E-state index < -0.39 is 12.1 Å². The van der Waals surface area contributed by atoms with Gasteiger partial charge in [0.25, 0.3) is 0 Å². The maximum Gasteiger partial charge on any atom is 0.338 e. The molecule has 0 aromatic heterocycles. The molecule has 1 aliphatic rings. The largest absolute Gasteiger partial charge is 0.451 e. The van der Waals surface area contributed by atoms with E-state index in [-0.39, 0.29) is 11.7 Å². The van der Waals surface area contributed by atoms with Crippen LogP contribution in [0.5, 0.6) is 0 Å². The minimum Gasteiger partial charge on any atom is -0.451 e. The maximum atomic E-state index is 12.0. The number of hydrogen-bond donors (Lipinski definition) is 1. The molecule has 1 N–H and O–H groups in total. The summed E-state index contributed by atoms with van der Waals surface area (Å²) in [5, 5.41) is 2.60. The molecule has 20 heavy (non-hydrogen) atoms. The molecule has 1 aromatic carbocycles. The molecular formula is C15H17NO4. The minimum absolute atomic E-state index is 0.0115. The van der Waals surface area contributed by atoms with Crippen molar-refractivity contribution in [3.63, 3.8) is 0 Å². The van der Waals surface area contributed by atoms with E-state index in [2.05, 4.69) is 5.32 Å². The predicted octanol–water partition coefficient (Wildman–Crippen LogP) is 2.31. The summed E-state index contributed by atoms with van der Waals surface area (Å²) >= 11 is 0. The van der Waals surface area contributed by atoms with Gasteiger partial charge in [0.1, 0.15) is 0 Å². The van der Waals surface area contributed by atoms with Crippen molar-refractivity contribution in [2.45, 2.75) is 38.7 Å². The first-order chi connectivity index (χ1) is 9.56. The fraction of sp³-hybridized carbons (Fsp3) is 0.400. The van der Waals surface area contributed by atoms with Gasteiger partial charge in [0.15, 0.2) is 11.9 Å². The fourth-order valence-electron chi connectivity index (χ4n) is 2.20. The van der Waals surface area contributed by atoms with E-state index in [0.717, 1.165) is 12.8 Å². The first kappa shape index (κ1) is 14.2. The molecule has 0 aliphatic heterocycles. The Kier molecular flexibility index (Phi) is 4.50. The highest BCUT2D eigenvalue weighted by molar-refractivity contribution is 5.95. The number of anilines is 1. The summed E-state index contributed by atoms with van der Waals surface area (Å²) in [6, 6.07) is 6.48. The minimum atomic E-state index is -0.624. The molecular weight excluding hydrogens is 258 g/mol. The molecule has 0 unspecified atom stereocenters. The van der Waals surface area contributed by atoms with Gasteiger partial charge >= 0.3 is 5.97 Å². The number of carbonyl (C=O) groups excluding carboxylic acids is 3. The van der Waals surface area contributed by atoms with Crippen molar-refractivity contribution in [2.24, 2.45) is 0 Å². The summed E-state index contributed by atoms with van der Waals surface area (Å²) in [7, 11) is 0. The SMILES string of the molecule is CC(=O)Nc1cccc(C(=O)O[C@@H]2CCCCC2=O)c1. The number of hydrogen-bond acceptors (Lipinski definition) is 4. The van der Waals surface area contributed by atoms with Crippen LogP contribution in [0.3, 0.4) is 0 Å². The van der Waals surface area contributed by atoms with Crippen molar-refractivity contribution >= 4 is 23.3 Å². The second-order valence-corrected chi connectivity index (χ2v) is 4.87. The van der Waals surface area contributed by atoms with E-state index in [1.54, 1.807) is 18.2 Å². The topological polar surface area (TPSA) is 72.5 Å². The van der Waals surface area contributed by atoms with Crippen molar-refractivity contribution in [1.29, 1.82) is 0 Å². The Hall–Kier alpha value is -2.17. The first-order valence-corrected chi connectivity index (χ1v) is 6.67. The van der Waals surface area contributed by atoms with Crippen molar-refractivity contribution in [3.8, 4) is 0 Å². The molecule has 0 radical (unpaired) electrons. The van der Waals surface area contributed by atoms with Crippen LogP contribution in [0.1, 0.15) is 43.0 Å². The Balaban J connectivity index is 2.05. The molecule has 1 aromatic rings. The maximum absolute atomic E-state index is 12.0. The molecule has 1 saturated carbocycles. The van der Waals surface area contributed by atoms with Gasteiger partial charge in [-0.25, -0.2) is 4.79 Å². The van der Waals surface area contributed by atoms with Crippen LogP contribution in [-0.2, 0) is 14.3 Å². The highest BCUT2D eigenvalue weighted by Gasteiger charge is 2.26. The third kappa shape index (κ3) is 3.66. The molecule has 1 amide bonds. The van der Waals surface area contributed by atoms with Crippen LogP contribution < -0.4 is 5.32 Å². The van der Waals surface area contributed by atoms with Gasteiger partial charge in [-0.3, -0.25) is 9.59 Å². The van der Waals surface area contributed by atoms with E-state index in [9.17, 15) is 14.4 Å². The van der Waals surface area contributed by atoms with Gasteiger partial charge in [0, 0.05) is 19.0 Å². The Morgan fingerprint density at radius 2 is 2.10 bits per heavy atom. The quantitative estimate of drug-likeness (QED) is 0.859. The van der Waals surface area contributed by atoms with Gasteiger partial charge in [-0.2, -0.15) is 0 Å². The van der Waals surface area contributed by atoms with Crippen LogP contribution in [0.15, 0.2) is 24.3 Å². The monoisotopic (exact) mass is 275 g/mol. The normalized spacial score (nSPS) is 18.4. The lowest BCUT2D eigenvalue weighted by Gasteiger charge is -2.20. The zero-order chi connectivity index (χ0) is 14.5. The van der Waals surface area contributed by atoms with Crippen LogP contribution in [0, 0.1) is 0 Å². The second kappa shape index (κ2) is 6.32. The van der Waals surface area contributed by atoms with Crippen LogP contribution in [-0.4, -0.2) is 23.8 Å². The zero-order valence-corrected chi connectivity index (χ0v) is 11.3. The van der Waals surface area contributed by atoms with Crippen LogP contribution >= 0.6 is 0 Å². The number of carbonyl (C=O) groups is 3. The molecule has 0 spiro atoms. The van der Waals surface area contributed by atoms with Gasteiger partial charge < -0.3 is 10.1 Å². The Morgan fingerprint density at radius 3 is 2.80 bits per heavy atom. The van der Waals surface area contributed by atoms with E-state index in [0.29, 0.717) is 24.1 Å². The smallest absolute Gasteiger partial charge is 0.338 e. The summed E-state index contributed by atoms with van der Waals surface area (Å²) in [6.07, 6.45) is 2.21. The van der Waals surface area contributed by atoms with Gasteiger partial charge in [-0.05, 0) is 37.5 Å². The number of amides is 1. The van der Waals surface area contributed by atoms with Crippen molar-refractivity contribution in [1.82, 2.24) is 0 Å². The Bertz CT molecular complexity index is 538. The lowest BCUT2D eigenvalue weighted by Crippen LogP contribution is -2.30. The van der Waals surface area contributed by atoms with Gasteiger partial charge in [0.2, 0.25) is 5.91 Å². The average molecular weight is 275 g/mol. The van der Waals surface area contributed by atoms with Crippen molar-refractivity contribution in [3.05, 3.63) is 29.8 Å². The van der Waals surface area contributed by atoms with Crippen LogP contribution in [0.25, 0.3) is 0 Å². The number of nitrogens with one attached hydrogen (secondary N) is 1. The predicted molar refractivity (Wildman–Crippen MR) is 73.4 cm³/mol. The lowest BCUT2D eigenvalue weighted by atomic mass is 9.96. The molecule has 2 rings (SSSR count). The lowest BCUT2D eigenvalue weighted by molar-refractivity contribution is -0.129. The molecule has 1 fully saturated rings. The number of ether oxygens (including phenoxy) is 1. The molecule has 1 atom stereocenters. The molecule has 1 aliphatic carbocycles. The standard InChI is InChI=1S/C15H17NO4/c1-10(17)16-12-6-4-5-11(9-12)15(19)20-14-8-3-2-7-13(14)18/h4-6,9,14H,2-3,7-8H2,1H3,(H,16,17)/t14-/m1/s1. The highest BCUT2D eigenvalue weighted by Crippen LogP contribution is 2.19. The summed E-state index contributed by atoms with van der Waals surface area (Å²) in [5.74, 6) is -0.752. The molecule has 0 saturated heterocycles. The molecule has 5 nitrogen and oxygen atoms in total. The van der Waals surface area contributed by atoms with Gasteiger partial charge in [0.05, 0.1) is 5.56 Å². The number of ketones is 1. The van der Waals surface area contributed by atoms with E-state index in [1.807, 2.05) is 0 Å². The summed E-state index contributed by atoms with van der Waals surface area (Å²) < 4.78 is 5.25. The van der Waals surface area contributed by atoms with E-state index in [1.165, 1.54) is 13.0 Å². The molecule has 5 heteroatoms. The summed E-state index contributed by atoms with van der Waals surface area (Å²) in [5.41, 5.74) is 0.858. The third-order valence-corrected chi connectivity index (χ3v) is 3.17. The summed E-state index contributed by atoms with van der Waals surface area (Å²) in [6.45, 7) is 1.39. The average Bonchev–Trinajstić information content (AvgIpc) is 2.41. The van der Waals surface area contributed by atoms with E-state index in [4.69, 9.17) is 4.74 Å². The second-order valence-electron chi connectivity index (χ2n) is 4.87. The van der Waals surface area contributed by atoms with E-state index >= 15 is 0 Å². The Morgan fingerprint density at radius 1 is 1.30 bits per heavy atom. The number of rotatable bonds is 3. The Labute approximate surface area is 117 Å². The van der Waals surface area contributed by atoms with Gasteiger partial charge in [-0.1, -0.05) is 6.07 Å².